The van der Waals surface area contributed by atoms with Gasteiger partial charge in [-0.15, -0.1) is 11.3 Å². The number of hydrogen-bond donors (Lipinski definition) is 0. The third kappa shape index (κ3) is 4.80. The zero-order valence-corrected chi connectivity index (χ0v) is 19.5. The van der Waals surface area contributed by atoms with Gasteiger partial charge in [0.25, 0.3) is 5.56 Å². The van der Waals surface area contributed by atoms with Crippen molar-refractivity contribution in [1.29, 1.82) is 0 Å². The van der Waals surface area contributed by atoms with Crippen LogP contribution < -0.4 is 10.3 Å². The lowest BCUT2D eigenvalue weighted by Crippen LogP contribution is -2.44. The molecule has 1 aliphatic rings. The second kappa shape index (κ2) is 9.87. The van der Waals surface area contributed by atoms with Gasteiger partial charge in [-0.1, -0.05) is 30.8 Å². The Labute approximate surface area is 190 Å². The van der Waals surface area contributed by atoms with Crippen LogP contribution in [0.15, 0.2) is 45.7 Å². The van der Waals surface area contributed by atoms with Crippen molar-refractivity contribution in [2.45, 2.75) is 50.4 Å². The van der Waals surface area contributed by atoms with E-state index in [0.717, 1.165) is 37.1 Å². The topological polar surface area (TPSA) is 64.4 Å². The summed E-state index contributed by atoms with van der Waals surface area (Å²) in [5, 5.41) is 2.46. The van der Waals surface area contributed by atoms with Crippen molar-refractivity contribution in [1.82, 2.24) is 14.5 Å². The standard InChI is InChI=1S/C23H27N3O3S2/c1-3-17-8-4-5-11-25(17)20(27)15-31-23-24-19-10-12-30-21(19)22(28)26(23)14-16-7-6-9-18(13-16)29-2/h6-7,9-10,12-13,17H,3-5,8,11,14-15H2,1-2H3/t17-/m1/s1. The molecule has 1 atom stereocenters. The molecule has 8 heteroatoms. The zero-order valence-electron chi connectivity index (χ0n) is 17.9. The molecule has 6 nitrogen and oxygen atoms in total. The maximum absolute atomic E-state index is 13.2. The Kier molecular flexibility index (Phi) is 6.97. The molecule has 1 aromatic carbocycles. The molecule has 1 aliphatic heterocycles. The second-order valence-electron chi connectivity index (χ2n) is 7.71. The number of piperidine rings is 1. The molecule has 4 rings (SSSR count). The van der Waals surface area contributed by atoms with Crippen LogP contribution in [0.2, 0.25) is 0 Å². The van der Waals surface area contributed by atoms with Crippen molar-refractivity contribution in [3.63, 3.8) is 0 Å². The Balaban J connectivity index is 1.61. The fraction of sp³-hybridized carbons (Fsp3) is 0.435. The quantitative estimate of drug-likeness (QED) is 0.389. The van der Waals surface area contributed by atoms with Crippen LogP contribution in [0.3, 0.4) is 0 Å². The molecule has 31 heavy (non-hydrogen) atoms. The average Bonchev–Trinajstić information content (AvgIpc) is 3.28. The predicted octanol–water partition coefficient (Wildman–Crippen LogP) is 4.40. The monoisotopic (exact) mass is 457 g/mol. The molecule has 1 fully saturated rings. The summed E-state index contributed by atoms with van der Waals surface area (Å²) in [6.07, 6.45) is 4.31. The molecule has 1 saturated heterocycles. The van der Waals surface area contributed by atoms with E-state index in [1.807, 2.05) is 40.6 Å². The first-order valence-electron chi connectivity index (χ1n) is 10.6. The number of amides is 1. The molecular weight excluding hydrogens is 430 g/mol. The fourth-order valence-corrected chi connectivity index (χ4v) is 5.75. The summed E-state index contributed by atoms with van der Waals surface area (Å²) in [6.45, 7) is 3.35. The van der Waals surface area contributed by atoms with Crippen molar-refractivity contribution >= 4 is 39.2 Å². The summed E-state index contributed by atoms with van der Waals surface area (Å²) in [5.74, 6) is 1.16. The van der Waals surface area contributed by atoms with Gasteiger partial charge in [-0.2, -0.15) is 0 Å². The molecule has 0 aliphatic carbocycles. The summed E-state index contributed by atoms with van der Waals surface area (Å²) >= 11 is 2.76. The van der Waals surface area contributed by atoms with Gasteiger partial charge in [0.15, 0.2) is 5.16 Å². The lowest BCUT2D eigenvalue weighted by atomic mass is 10.0. The van der Waals surface area contributed by atoms with Gasteiger partial charge >= 0.3 is 0 Å². The van der Waals surface area contributed by atoms with E-state index >= 15 is 0 Å². The molecule has 2 aromatic heterocycles. The summed E-state index contributed by atoms with van der Waals surface area (Å²) in [4.78, 5) is 32.9. The van der Waals surface area contributed by atoms with Crippen LogP contribution in [0.1, 0.15) is 38.2 Å². The molecule has 0 bridgehead atoms. The number of thiophene rings is 1. The molecule has 1 amide bonds. The van der Waals surface area contributed by atoms with Crippen molar-refractivity contribution in [3.05, 3.63) is 51.6 Å². The Hall–Kier alpha value is -2.32. The zero-order chi connectivity index (χ0) is 21.8. The first-order chi connectivity index (χ1) is 15.1. The number of fused-ring (bicyclic) bond motifs is 1. The first-order valence-corrected chi connectivity index (χ1v) is 12.5. The van der Waals surface area contributed by atoms with Gasteiger partial charge < -0.3 is 9.64 Å². The number of carbonyl (C=O) groups excluding carboxylic acids is 1. The summed E-state index contributed by atoms with van der Waals surface area (Å²) < 4.78 is 7.64. The van der Waals surface area contributed by atoms with Crippen LogP contribution in [0.4, 0.5) is 0 Å². The van der Waals surface area contributed by atoms with Crippen molar-refractivity contribution in [2.75, 3.05) is 19.4 Å². The smallest absolute Gasteiger partial charge is 0.272 e. The Bertz CT molecular complexity index is 1120. The van der Waals surface area contributed by atoms with E-state index in [1.165, 1.54) is 29.5 Å². The normalized spacial score (nSPS) is 16.6. The summed E-state index contributed by atoms with van der Waals surface area (Å²) in [7, 11) is 1.63. The minimum atomic E-state index is -0.0674. The minimum Gasteiger partial charge on any atom is -0.497 e. The van der Waals surface area contributed by atoms with E-state index in [0.29, 0.717) is 28.0 Å². The van der Waals surface area contributed by atoms with E-state index in [4.69, 9.17) is 9.72 Å². The number of aromatic nitrogens is 2. The van der Waals surface area contributed by atoms with Gasteiger partial charge in [-0.3, -0.25) is 14.2 Å². The number of nitrogens with zero attached hydrogens (tertiary/aromatic N) is 3. The lowest BCUT2D eigenvalue weighted by molar-refractivity contribution is -0.132. The van der Waals surface area contributed by atoms with Gasteiger partial charge in [-0.25, -0.2) is 4.98 Å². The molecule has 0 saturated carbocycles. The maximum Gasteiger partial charge on any atom is 0.272 e. The molecule has 164 valence electrons. The van der Waals surface area contributed by atoms with Crippen molar-refractivity contribution in [3.8, 4) is 5.75 Å². The molecular formula is C23H27N3O3S2. The fourth-order valence-electron chi connectivity index (χ4n) is 4.09. The highest BCUT2D eigenvalue weighted by Crippen LogP contribution is 2.25. The van der Waals surface area contributed by atoms with Crippen LogP contribution in [0.25, 0.3) is 10.2 Å². The van der Waals surface area contributed by atoms with Gasteiger partial charge in [0, 0.05) is 12.6 Å². The maximum atomic E-state index is 13.2. The SMILES string of the molecule is CC[C@@H]1CCCCN1C(=O)CSc1nc2ccsc2c(=O)n1Cc1cccc(OC)c1. The predicted molar refractivity (Wildman–Crippen MR) is 126 cm³/mol. The van der Waals surface area contributed by atoms with Crippen LogP contribution in [-0.4, -0.2) is 45.8 Å². The third-order valence-electron chi connectivity index (χ3n) is 5.75. The highest BCUT2D eigenvalue weighted by Gasteiger charge is 2.25. The first kappa shape index (κ1) is 21.9. The van der Waals surface area contributed by atoms with Crippen LogP contribution in [0, 0.1) is 0 Å². The molecule has 3 heterocycles. The number of benzene rings is 1. The summed E-state index contributed by atoms with van der Waals surface area (Å²) in [6, 6.07) is 9.86. The third-order valence-corrected chi connectivity index (χ3v) is 7.60. The molecule has 0 spiro atoms. The van der Waals surface area contributed by atoms with E-state index in [2.05, 4.69) is 6.92 Å². The number of hydrogen-bond acceptors (Lipinski definition) is 6. The second-order valence-corrected chi connectivity index (χ2v) is 9.56. The van der Waals surface area contributed by atoms with Crippen molar-refractivity contribution < 1.29 is 9.53 Å². The Morgan fingerprint density at radius 3 is 3.00 bits per heavy atom. The average molecular weight is 458 g/mol. The van der Waals surface area contributed by atoms with E-state index in [1.54, 1.807) is 11.7 Å². The highest BCUT2D eigenvalue weighted by atomic mass is 32.2. The number of rotatable bonds is 7. The number of likely N-dealkylation sites (tertiary alicyclic amines) is 1. The van der Waals surface area contributed by atoms with E-state index in [9.17, 15) is 9.59 Å². The number of ether oxygens (including phenoxy) is 1. The van der Waals surface area contributed by atoms with E-state index in [-0.39, 0.29) is 17.2 Å². The highest BCUT2D eigenvalue weighted by molar-refractivity contribution is 7.99. The number of thioether (sulfide) groups is 1. The van der Waals surface area contributed by atoms with Gasteiger partial charge in [-0.05, 0) is 54.8 Å². The van der Waals surface area contributed by atoms with Gasteiger partial charge in [0.05, 0.1) is 24.9 Å². The van der Waals surface area contributed by atoms with Crippen LogP contribution >= 0.6 is 23.1 Å². The van der Waals surface area contributed by atoms with E-state index < -0.39 is 0 Å². The minimum absolute atomic E-state index is 0.0674. The molecule has 0 unspecified atom stereocenters. The Morgan fingerprint density at radius 2 is 2.19 bits per heavy atom. The van der Waals surface area contributed by atoms with Crippen molar-refractivity contribution in [2.24, 2.45) is 0 Å². The van der Waals surface area contributed by atoms with Gasteiger partial charge in [0.1, 0.15) is 10.4 Å². The number of carbonyl (C=O) groups is 1. The van der Waals surface area contributed by atoms with Crippen LogP contribution in [-0.2, 0) is 11.3 Å². The number of methoxy groups -OCH3 is 1. The lowest BCUT2D eigenvalue weighted by Gasteiger charge is -2.35. The molecule has 3 aromatic rings. The van der Waals surface area contributed by atoms with Crippen LogP contribution in [0.5, 0.6) is 5.75 Å². The largest absolute Gasteiger partial charge is 0.497 e. The summed E-state index contributed by atoms with van der Waals surface area (Å²) in [5.41, 5.74) is 1.58. The van der Waals surface area contributed by atoms with Gasteiger partial charge in [0.2, 0.25) is 5.91 Å². The Morgan fingerprint density at radius 1 is 1.32 bits per heavy atom. The molecule has 0 radical (unpaired) electrons. The molecule has 0 N–H and O–H groups in total.